The van der Waals surface area contributed by atoms with Gasteiger partial charge in [0, 0.05) is 4.43 Å². The smallest absolute Gasteiger partial charge is 0.153 e. The van der Waals surface area contributed by atoms with Crippen molar-refractivity contribution in [3.63, 3.8) is 0 Å². The number of hydrogen-bond acceptors (Lipinski definition) is 0. The van der Waals surface area contributed by atoms with E-state index in [0.717, 1.165) is 0 Å². The first-order valence-electron chi connectivity index (χ1n) is 1.13. The summed E-state index contributed by atoms with van der Waals surface area (Å²) in [6, 6.07) is 0. The van der Waals surface area contributed by atoms with Gasteiger partial charge in [0.25, 0.3) is 0 Å². The molecule has 0 fully saturated rings. The molecule has 1 nitrogen and oxygen atoms in total. The second kappa shape index (κ2) is 3.60. The third-order valence-electron chi connectivity index (χ3n) is 0.121. The van der Waals surface area contributed by atoms with Gasteiger partial charge in [-0.15, -0.1) is 0 Å². The van der Waals surface area contributed by atoms with Crippen molar-refractivity contribution in [2.45, 2.75) is 4.11 Å². The number of alkyl halides is 2. The molecule has 0 spiro atoms. The molecule has 1 unspecified atom stereocenters. The Kier molecular flexibility index (Phi) is 4.63. The van der Waals surface area contributed by atoms with Crippen LogP contribution in [0.2, 0.25) is 0 Å². The van der Waals surface area contributed by atoms with E-state index < -0.39 is 4.11 Å². The summed E-state index contributed by atoms with van der Waals surface area (Å²) >= 11 is 3.90. The summed E-state index contributed by atoms with van der Waals surface area (Å²) < 4.78 is 0.298. The summed E-state index contributed by atoms with van der Waals surface area (Å²) in [5.74, 6) is 0. The molecule has 0 N–H and O–H groups in total. The van der Waals surface area contributed by atoms with Gasteiger partial charge >= 0.3 is 0 Å². The molecule has 0 bridgehead atoms. The van der Waals surface area contributed by atoms with E-state index in [-0.39, 0.29) is 0 Å². The van der Waals surface area contributed by atoms with Crippen LogP contribution in [0.25, 0.3) is 0 Å². The number of rotatable bonds is 1. The molecule has 0 amide bonds. The van der Waals surface area contributed by atoms with E-state index in [2.05, 4.69) is 22.6 Å². The molecule has 1 radical (unpaired) electrons. The third kappa shape index (κ3) is 5.42. The van der Waals surface area contributed by atoms with Gasteiger partial charge in [-0.3, -0.25) is 0 Å². The molecule has 3 heteroatoms. The zero-order valence-corrected chi connectivity index (χ0v) is 6.76. The Morgan fingerprint density at radius 3 is 2.00 bits per heavy atom. The first kappa shape index (κ1) is 6.42. The summed E-state index contributed by atoms with van der Waals surface area (Å²) in [5.41, 5.74) is 0. The molecule has 1 atom stereocenters. The van der Waals surface area contributed by atoms with Crippen molar-refractivity contribution in [3.05, 3.63) is 0 Å². The molecule has 0 rings (SSSR count). The summed E-state index contributed by atoms with van der Waals surface area (Å²) in [6.07, 6.45) is 0. The monoisotopic (exact) mass is 297 g/mol. The maximum Gasteiger partial charge on any atom is 0.153 e. The van der Waals surface area contributed by atoms with Crippen LogP contribution in [0, 0.1) is 0 Å². The van der Waals surface area contributed by atoms with Crippen molar-refractivity contribution in [3.8, 4) is 0 Å². The van der Waals surface area contributed by atoms with E-state index in [0.29, 0.717) is 4.43 Å². The zero-order valence-electron chi connectivity index (χ0n) is 2.45. The predicted molar refractivity (Wildman–Crippen MR) is 37.4 cm³/mol. The largest absolute Gasteiger partial charge is 0.221 e. The normalized spacial score (nSPS) is 15.0. The van der Waals surface area contributed by atoms with Gasteiger partial charge in [-0.1, -0.05) is 22.6 Å². The fraction of sp³-hybridized carbons (Fsp3) is 1.00. The highest BCUT2D eigenvalue weighted by atomic mass is 127. The Labute approximate surface area is 58.4 Å². The maximum atomic E-state index is 9.88. The van der Waals surface area contributed by atoms with E-state index in [1.807, 2.05) is 22.6 Å². The van der Waals surface area contributed by atoms with Gasteiger partial charge in [0.15, 0.2) is 4.11 Å². The van der Waals surface area contributed by atoms with Gasteiger partial charge in [-0.25, -0.2) is 5.11 Å². The second-order valence-electron chi connectivity index (χ2n) is 0.564. The highest BCUT2D eigenvalue weighted by Gasteiger charge is 1.89. The highest BCUT2D eigenvalue weighted by Crippen LogP contribution is 1.98. The summed E-state index contributed by atoms with van der Waals surface area (Å²) in [7, 11) is 0. The van der Waals surface area contributed by atoms with E-state index in [1.54, 1.807) is 0 Å². The second-order valence-corrected chi connectivity index (χ2v) is 2.83. The third-order valence-corrected chi connectivity index (χ3v) is 3.05. The van der Waals surface area contributed by atoms with Crippen LogP contribution in [0.5, 0.6) is 0 Å². The lowest BCUT2D eigenvalue weighted by Gasteiger charge is -1.82. The maximum absolute atomic E-state index is 9.88. The van der Waals surface area contributed by atoms with Crippen LogP contribution in [0.4, 0.5) is 0 Å². The highest BCUT2D eigenvalue weighted by molar-refractivity contribution is 14.1. The first-order chi connectivity index (χ1) is 2.27. The van der Waals surface area contributed by atoms with Crippen LogP contribution < -0.4 is 0 Å². The Balaban J connectivity index is 2.54. The van der Waals surface area contributed by atoms with E-state index in [9.17, 15) is 5.11 Å². The molecule has 0 heterocycles. The van der Waals surface area contributed by atoms with Crippen molar-refractivity contribution in [1.82, 2.24) is 0 Å². The topological polar surface area (TPSA) is 19.9 Å². The minimum absolute atomic E-state index is 0.409. The molecule has 0 aromatic carbocycles. The minimum atomic E-state index is -0.409. The van der Waals surface area contributed by atoms with Crippen molar-refractivity contribution < 1.29 is 5.11 Å². The molecular weight excluding hydrogens is 294 g/mol. The molecule has 0 aliphatic rings. The van der Waals surface area contributed by atoms with Gasteiger partial charge in [-0.05, 0) is 22.6 Å². The first-order valence-corrected chi connectivity index (χ1v) is 3.90. The van der Waals surface area contributed by atoms with Gasteiger partial charge in [0.2, 0.25) is 0 Å². The van der Waals surface area contributed by atoms with Gasteiger partial charge in [0.05, 0.1) is 0 Å². The van der Waals surface area contributed by atoms with Crippen LogP contribution in [-0.2, 0) is 5.11 Å². The minimum Gasteiger partial charge on any atom is -0.221 e. The number of hydrogen-bond donors (Lipinski definition) is 0. The van der Waals surface area contributed by atoms with Gasteiger partial charge in [0.1, 0.15) is 0 Å². The number of halogens is 2. The summed E-state index contributed by atoms with van der Waals surface area (Å²) in [5, 5.41) is 9.88. The van der Waals surface area contributed by atoms with Crippen molar-refractivity contribution in [1.29, 1.82) is 0 Å². The Morgan fingerprint density at radius 1 is 1.80 bits per heavy atom. The quantitative estimate of drug-likeness (QED) is 0.518. The lowest BCUT2D eigenvalue weighted by molar-refractivity contribution is 0.200. The average molecular weight is 297 g/mol. The van der Waals surface area contributed by atoms with Crippen LogP contribution in [0.3, 0.4) is 0 Å². The van der Waals surface area contributed by atoms with Crippen LogP contribution in [-0.4, -0.2) is 8.54 Å². The molecular formula is C2H3I2O. The molecule has 0 saturated heterocycles. The van der Waals surface area contributed by atoms with Crippen LogP contribution in [0.1, 0.15) is 0 Å². The van der Waals surface area contributed by atoms with Gasteiger partial charge < -0.3 is 0 Å². The Bertz CT molecular complexity index is 21.6. The average Bonchev–Trinajstić information content (AvgIpc) is 1.38. The fourth-order valence-electron chi connectivity index (χ4n) is 0. The zero-order chi connectivity index (χ0) is 4.28. The molecule has 0 aliphatic carbocycles. The Morgan fingerprint density at radius 2 is 2.00 bits per heavy atom. The van der Waals surface area contributed by atoms with E-state index in [4.69, 9.17) is 0 Å². The van der Waals surface area contributed by atoms with Crippen molar-refractivity contribution in [2.75, 3.05) is 4.43 Å². The van der Waals surface area contributed by atoms with Crippen LogP contribution >= 0.6 is 45.2 Å². The summed E-state index contributed by atoms with van der Waals surface area (Å²) in [6.45, 7) is 0. The SMILES string of the molecule is [O]C(I)CI. The Hall–Kier alpha value is 1.42. The van der Waals surface area contributed by atoms with Crippen LogP contribution in [0.15, 0.2) is 0 Å². The molecule has 0 saturated carbocycles. The van der Waals surface area contributed by atoms with Crippen molar-refractivity contribution >= 4 is 45.2 Å². The van der Waals surface area contributed by atoms with Crippen molar-refractivity contribution in [2.24, 2.45) is 0 Å². The fourth-order valence-corrected chi connectivity index (χ4v) is 0. The predicted octanol–water partition coefficient (Wildman–Crippen LogP) is 1.61. The van der Waals surface area contributed by atoms with E-state index in [1.165, 1.54) is 0 Å². The molecule has 31 valence electrons. The standard InChI is InChI=1S/C2H3I2O/c3-1-2(4)5/h2H,1H2. The molecule has 5 heavy (non-hydrogen) atoms. The lowest BCUT2D eigenvalue weighted by Crippen LogP contribution is -1.89. The molecule has 0 aromatic rings. The molecule has 0 aromatic heterocycles. The summed E-state index contributed by atoms with van der Waals surface area (Å²) in [4.78, 5) is 0. The molecule has 0 aliphatic heterocycles. The lowest BCUT2D eigenvalue weighted by atomic mass is 10.9. The van der Waals surface area contributed by atoms with Gasteiger partial charge in [-0.2, -0.15) is 0 Å². The van der Waals surface area contributed by atoms with E-state index >= 15 is 0 Å².